The minimum absolute atomic E-state index is 0.0740. The van der Waals surface area contributed by atoms with E-state index in [0.717, 1.165) is 12.8 Å². The van der Waals surface area contributed by atoms with Crippen molar-refractivity contribution in [3.63, 3.8) is 0 Å². The van der Waals surface area contributed by atoms with E-state index in [1.807, 2.05) is 13.8 Å². The van der Waals surface area contributed by atoms with E-state index in [0.29, 0.717) is 35.3 Å². The Morgan fingerprint density at radius 1 is 1.10 bits per heavy atom. The first-order chi connectivity index (χ1) is 9.63. The quantitative estimate of drug-likeness (QED) is 0.487. The first kappa shape index (κ1) is 17.1. The zero-order valence-electron chi connectivity index (χ0n) is 11.9. The molecule has 0 heterocycles. The van der Waals surface area contributed by atoms with E-state index in [-0.39, 0.29) is 18.1 Å². The van der Waals surface area contributed by atoms with Crippen LogP contribution in [-0.4, -0.2) is 24.9 Å². The van der Waals surface area contributed by atoms with Gasteiger partial charge in [0, 0.05) is 18.4 Å². The van der Waals surface area contributed by atoms with Crippen LogP contribution >= 0.6 is 23.2 Å². The molecule has 0 aliphatic heterocycles. The van der Waals surface area contributed by atoms with Gasteiger partial charge in [-0.2, -0.15) is 0 Å². The van der Waals surface area contributed by atoms with E-state index in [1.165, 1.54) is 0 Å². The van der Waals surface area contributed by atoms with Crippen LogP contribution in [-0.2, 0) is 0 Å². The van der Waals surface area contributed by atoms with Gasteiger partial charge in [-0.3, -0.25) is 4.79 Å². The minimum Gasteiger partial charge on any atom is -0.493 e. The molecule has 0 saturated heterocycles. The number of Topliss-reactive ketones (excluding diaryl/α,β-unsaturated/α-hetero) is 1. The van der Waals surface area contributed by atoms with Crippen molar-refractivity contribution < 1.29 is 14.3 Å². The molecular formula is C15H20Cl2O3. The lowest BCUT2D eigenvalue weighted by Gasteiger charge is -2.14. The van der Waals surface area contributed by atoms with Crippen molar-refractivity contribution in [2.24, 2.45) is 0 Å². The fraction of sp³-hybridized carbons (Fsp3) is 0.533. The van der Waals surface area contributed by atoms with Gasteiger partial charge in [0.15, 0.2) is 5.78 Å². The summed E-state index contributed by atoms with van der Waals surface area (Å²) in [6, 6.07) is 3.29. The molecule has 20 heavy (non-hydrogen) atoms. The monoisotopic (exact) mass is 318 g/mol. The fourth-order valence-electron chi connectivity index (χ4n) is 1.63. The van der Waals surface area contributed by atoms with Crippen LogP contribution in [0.1, 0.15) is 43.5 Å². The van der Waals surface area contributed by atoms with Crippen molar-refractivity contribution >= 4 is 29.0 Å². The third-order valence-corrected chi connectivity index (χ3v) is 3.06. The highest BCUT2D eigenvalue weighted by atomic mass is 35.5. The van der Waals surface area contributed by atoms with Gasteiger partial charge in [-0.1, -0.05) is 25.4 Å². The topological polar surface area (TPSA) is 35.5 Å². The van der Waals surface area contributed by atoms with Gasteiger partial charge in [-0.05, 0) is 18.9 Å². The Balaban J connectivity index is 3.07. The van der Waals surface area contributed by atoms with Crippen molar-refractivity contribution in [1.82, 2.24) is 0 Å². The molecule has 112 valence electrons. The lowest BCUT2D eigenvalue weighted by atomic mass is 10.1. The summed E-state index contributed by atoms with van der Waals surface area (Å²) in [6.07, 6.45) is 2.00. The number of benzene rings is 1. The molecule has 0 aliphatic rings. The van der Waals surface area contributed by atoms with Gasteiger partial charge in [0.2, 0.25) is 0 Å². The molecule has 0 atom stereocenters. The average Bonchev–Trinajstić information content (AvgIpc) is 2.44. The Morgan fingerprint density at radius 2 is 1.70 bits per heavy atom. The standard InChI is InChI=1S/C15H20Cl2O3/c1-3-7-19-14-10-15(20-8-4-2)12(17)9-11(14)13(18)5-6-16/h9-10H,3-8H2,1-2H3. The Bertz CT molecular complexity index is 447. The predicted octanol–water partition coefficient (Wildman–Crippen LogP) is 4.73. The van der Waals surface area contributed by atoms with Gasteiger partial charge in [-0.25, -0.2) is 0 Å². The number of ketones is 1. The molecule has 0 unspecified atom stereocenters. The first-order valence-electron chi connectivity index (χ1n) is 6.82. The van der Waals surface area contributed by atoms with Crippen LogP contribution in [0.4, 0.5) is 0 Å². The minimum atomic E-state index is -0.0740. The Hall–Kier alpha value is -0.930. The molecule has 0 N–H and O–H groups in total. The predicted molar refractivity (Wildman–Crippen MR) is 82.7 cm³/mol. The molecule has 0 saturated carbocycles. The zero-order valence-corrected chi connectivity index (χ0v) is 13.4. The lowest BCUT2D eigenvalue weighted by Crippen LogP contribution is -2.07. The van der Waals surface area contributed by atoms with Crippen molar-refractivity contribution in [2.75, 3.05) is 19.1 Å². The van der Waals surface area contributed by atoms with Crippen LogP contribution in [0, 0.1) is 0 Å². The van der Waals surface area contributed by atoms with Gasteiger partial charge < -0.3 is 9.47 Å². The number of hydrogen-bond donors (Lipinski definition) is 0. The maximum atomic E-state index is 12.0. The summed E-state index contributed by atoms with van der Waals surface area (Å²) in [4.78, 5) is 12.0. The van der Waals surface area contributed by atoms with Gasteiger partial charge in [-0.15, -0.1) is 11.6 Å². The van der Waals surface area contributed by atoms with Crippen LogP contribution in [0.5, 0.6) is 11.5 Å². The van der Waals surface area contributed by atoms with Crippen LogP contribution in [0.15, 0.2) is 12.1 Å². The van der Waals surface area contributed by atoms with Crippen molar-refractivity contribution in [3.8, 4) is 11.5 Å². The number of halogens is 2. The van der Waals surface area contributed by atoms with Crippen LogP contribution in [0.3, 0.4) is 0 Å². The third kappa shape index (κ3) is 4.88. The van der Waals surface area contributed by atoms with E-state index < -0.39 is 0 Å². The molecule has 1 aromatic carbocycles. The number of carbonyl (C=O) groups is 1. The van der Waals surface area contributed by atoms with E-state index in [4.69, 9.17) is 32.7 Å². The van der Waals surface area contributed by atoms with E-state index in [2.05, 4.69) is 0 Å². The third-order valence-electron chi connectivity index (χ3n) is 2.58. The summed E-state index contributed by atoms with van der Waals surface area (Å²) in [6.45, 7) is 5.13. The van der Waals surface area contributed by atoms with Gasteiger partial charge in [0.05, 0.1) is 23.8 Å². The van der Waals surface area contributed by atoms with Gasteiger partial charge in [0.1, 0.15) is 11.5 Å². The molecule has 0 fully saturated rings. The largest absolute Gasteiger partial charge is 0.493 e. The number of hydrogen-bond acceptors (Lipinski definition) is 3. The summed E-state index contributed by atoms with van der Waals surface area (Å²) in [7, 11) is 0. The summed E-state index contributed by atoms with van der Waals surface area (Å²) < 4.78 is 11.2. The summed E-state index contributed by atoms with van der Waals surface area (Å²) >= 11 is 11.8. The van der Waals surface area contributed by atoms with Gasteiger partial charge in [0.25, 0.3) is 0 Å². The summed E-state index contributed by atoms with van der Waals surface area (Å²) in [5, 5.41) is 0.417. The van der Waals surface area contributed by atoms with Crippen molar-refractivity contribution in [3.05, 3.63) is 22.7 Å². The number of alkyl halides is 1. The highest BCUT2D eigenvalue weighted by Gasteiger charge is 2.16. The fourth-order valence-corrected chi connectivity index (χ4v) is 2.02. The molecule has 5 heteroatoms. The normalized spacial score (nSPS) is 10.4. The van der Waals surface area contributed by atoms with E-state index in [1.54, 1.807) is 12.1 Å². The Kier molecular flexibility index (Phi) is 7.78. The number of rotatable bonds is 9. The molecule has 1 aromatic rings. The van der Waals surface area contributed by atoms with Crippen molar-refractivity contribution in [1.29, 1.82) is 0 Å². The van der Waals surface area contributed by atoms with Crippen LogP contribution in [0.2, 0.25) is 5.02 Å². The first-order valence-corrected chi connectivity index (χ1v) is 7.73. The Morgan fingerprint density at radius 3 is 2.25 bits per heavy atom. The van der Waals surface area contributed by atoms with E-state index >= 15 is 0 Å². The zero-order chi connectivity index (χ0) is 15.0. The maximum absolute atomic E-state index is 12.0. The average molecular weight is 319 g/mol. The molecule has 0 spiro atoms. The lowest BCUT2D eigenvalue weighted by molar-refractivity contribution is 0.0985. The smallest absolute Gasteiger partial charge is 0.167 e. The summed E-state index contributed by atoms with van der Waals surface area (Å²) in [5.41, 5.74) is 0.466. The van der Waals surface area contributed by atoms with E-state index in [9.17, 15) is 4.79 Å². The summed E-state index contributed by atoms with van der Waals surface area (Å²) in [5.74, 6) is 1.26. The molecule has 0 bridgehead atoms. The highest BCUT2D eigenvalue weighted by molar-refractivity contribution is 6.32. The number of carbonyl (C=O) groups excluding carboxylic acids is 1. The number of ether oxygens (including phenoxy) is 2. The molecular weight excluding hydrogens is 299 g/mol. The van der Waals surface area contributed by atoms with Crippen LogP contribution in [0.25, 0.3) is 0 Å². The molecule has 3 nitrogen and oxygen atoms in total. The molecule has 0 aromatic heterocycles. The SMILES string of the molecule is CCCOc1cc(OCCC)c(C(=O)CCCl)cc1Cl. The second-order valence-corrected chi connectivity index (χ2v) is 5.12. The molecule has 1 rings (SSSR count). The second kappa shape index (κ2) is 9.09. The molecule has 0 amide bonds. The second-order valence-electron chi connectivity index (χ2n) is 4.34. The van der Waals surface area contributed by atoms with Crippen LogP contribution < -0.4 is 9.47 Å². The highest BCUT2D eigenvalue weighted by Crippen LogP contribution is 2.34. The maximum Gasteiger partial charge on any atom is 0.167 e. The molecule has 0 radical (unpaired) electrons. The molecule has 0 aliphatic carbocycles. The van der Waals surface area contributed by atoms with Gasteiger partial charge >= 0.3 is 0 Å². The Labute approximate surface area is 130 Å². The van der Waals surface area contributed by atoms with Crippen molar-refractivity contribution in [2.45, 2.75) is 33.1 Å².